The third-order valence-electron chi connectivity index (χ3n) is 3.32. The minimum absolute atomic E-state index is 0.246. The van der Waals surface area contributed by atoms with Crippen LogP contribution >= 0.6 is 0 Å². The number of allylic oxidation sites excluding steroid dienone is 4. The summed E-state index contributed by atoms with van der Waals surface area (Å²) in [6.45, 7) is 7.10. The lowest BCUT2D eigenvalue weighted by Gasteiger charge is -2.11. The first-order chi connectivity index (χ1) is 11.7. The highest BCUT2D eigenvalue weighted by molar-refractivity contribution is 5.90. The van der Waals surface area contributed by atoms with Gasteiger partial charge in [0, 0.05) is 36.0 Å². The van der Waals surface area contributed by atoms with Crippen molar-refractivity contribution in [1.29, 1.82) is 0 Å². The van der Waals surface area contributed by atoms with Crippen LogP contribution in [0.5, 0.6) is 0 Å². The molecule has 0 saturated carbocycles. The lowest BCUT2D eigenvalue weighted by Crippen LogP contribution is -1.99. The standard InChI is InChI=1S/C18H14FN5/c1-3-13(14(19)4-2)15-11-16(23-12-5-7-20-8-6-12)17-18(24-15)22-10-9-21-17/h3-11H,1-2H2,(H,20,22,23,24)/b14-13-. The first-order valence-corrected chi connectivity index (χ1v) is 7.16. The third kappa shape index (κ3) is 3.03. The van der Waals surface area contributed by atoms with Gasteiger partial charge in [0.15, 0.2) is 5.65 Å². The Balaban J connectivity index is 2.20. The Morgan fingerprint density at radius 1 is 1.04 bits per heavy atom. The number of anilines is 2. The monoisotopic (exact) mass is 319 g/mol. The minimum atomic E-state index is -0.504. The molecule has 0 aliphatic heterocycles. The summed E-state index contributed by atoms with van der Waals surface area (Å²) in [5.74, 6) is -0.504. The van der Waals surface area contributed by atoms with Gasteiger partial charge in [0.1, 0.15) is 11.3 Å². The van der Waals surface area contributed by atoms with E-state index in [9.17, 15) is 4.39 Å². The summed E-state index contributed by atoms with van der Waals surface area (Å²) in [5.41, 5.74) is 3.11. The van der Waals surface area contributed by atoms with Crippen LogP contribution in [0.25, 0.3) is 16.7 Å². The van der Waals surface area contributed by atoms with Crippen molar-refractivity contribution in [3.05, 3.63) is 79.8 Å². The Kier molecular flexibility index (Phi) is 4.38. The van der Waals surface area contributed by atoms with Crippen LogP contribution in [-0.2, 0) is 0 Å². The Morgan fingerprint density at radius 3 is 2.50 bits per heavy atom. The summed E-state index contributed by atoms with van der Waals surface area (Å²) in [4.78, 5) is 16.9. The van der Waals surface area contributed by atoms with E-state index in [2.05, 4.69) is 38.4 Å². The van der Waals surface area contributed by atoms with Crippen molar-refractivity contribution < 1.29 is 4.39 Å². The molecule has 0 atom stereocenters. The molecule has 0 aliphatic carbocycles. The molecule has 3 heterocycles. The van der Waals surface area contributed by atoms with E-state index in [1.807, 2.05) is 12.1 Å². The summed E-state index contributed by atoms with van der Waals surface area (Å²) < 4.78 is 14.0. The first kappa shape index (κ1) is 15.5. The van der Waals surface area contributed by atoms with Crippen LogP contribution in [0.15, 0.2) is 74.1 Å². The van der Waals surface area contributed by atoms with Gasteiger partial charge in [-0.05, 0) is 24.3 Å². The zero-order valence-electron chi connectivity index (χ0n) is 12.8. The Hall–Kier alpha value is -3.41. The van der Waals surface area contributed by atoms with Gasteiger partial charge in [-0.1, -0.05) is 19.2 Å². The van der Waals surface area contributed by atoms with Gasteiger partial charge in [-0.15, -0.1) is 0 Å². The Labute approximate surface area is 138 Å². The van der Waals surface area contributed by atoms with Crippen molar-refractivity contribution in [2.45, 2.75) is 0 Å². The van der Waals surface area contributed by atoms with E-state index < -0.39 is 5.83 Å². The van der Waals surface area contributed by atoms with Crippen LogP contribution in [-0.4, -0.2) is 19.9 Å². The molecule has 0 amide bonds. The van der Waals surface area contributed by atoms with Crippen LogP contribution in [0.4, 0.5) is 15.8 Å². The van der Waals surface area contributed by atoms with E-state index in [0.717, 1.165) is 11.8 Å². The maximum Gasteiger partial charge on any atom is 0.180 e. The lowest BCUT2D eigenvalue weighted by molar-refractivity contribution is 0.671. The zero-order valence-corrected chi connectivity index (χ0v) is 12.8. The molecular weight excluding hydrogens is 305 g/mol. The number of hydrogen-bond acceptors (Lipinski definition) is 5. The van der Waals surface area contributed by atoms with Gasteiger partial charge >= 0.3 is 0 Å². The van der Waals surface area contributed by atoms with Crippen LogP contribution in [0, 0.1) is 0 Å². The van der Waals surface area contributed by atoms with Gasteiger partial charge in [0.05, 0.1) is 11.4 Å². The van der Waals surface area contributed by atoms with Crippen molar-refractivity contribution in [1.82, 2.24) is 19.9 Å². The zero-order chi connectivity index (χ0) is 16.9. The van der Waals surface area contributed by atoms with Gasteiger partial charge in [-0.3, -0.25) is 4.98 Å². The quantitative estimate of drug-likeness (QED) is 0.713. The second kappa shape index (κ2) is 6.78. The smallest absolute Gasteiger partial charge is 0.180 e. The van der Waals surface area contributed by atoms with E-state index in [1.54, 1.807) is 24.7 Å². The van der Waals surface area contributed by atoms with E-state index in [0.29, 0.717) is 22.5 Å². The van der Waals surface area contributed by atoms with Crippen molar-refractivity contribution in [2.75, 3.05) is 5.32 Å². The van der Waals surface area contributed by atoms with Gasteiger partial charge in [-0.25, -0.2) is 19.3 Å². The van der Waals surface area contributed by atoms with Crippen LogP contribution in [0.2, 0.25) is 0 Å². The summed E-state index contributed by atoms with van der Waals surface area (Å²) in [7, 11) is 0. The van der Waals surface area contributed by atoms with E-state index in [-0.39, 0.29) is 5.57 Å². The van der Waals surface area contributed by atoms with Crippen LogP contribution in [0.1, 0.15) is 5.69 Å². The average Bonchev–Trinajstić information content (AvgIpc) is 2.63. The molecule has 1 N–H and O–H groups in total. The molecule has 5 nitrogen and oxygen atoms in total. The fourth-order valence-electron chi connectivity index (χ4n) is 2.21. The molecule has 0 aliphatic rings. The lowest BCUT2D eigenvalue weighted by atomic mass is 10.1. The summed E-state index contributed by atoms with van der Waals surface area (Å²) >= 11 is 0. The molecule has 0 aromatic carbocycles. The summed E-state index contributed by atoms with van der Waals surface area (Å²) in [6.07, 6.45) is 8.98. The van der Waals surface area contributed by atoms with Gasteiger partial charge in [0.2, 0.25) is 0 Å². The van der Waals surface area contributed by atoms with E-state index in [4.69, 9.17) is 0 Å². The minimum Gasteiger partial charge on any atom is -0.353 e. The number of halogens is 1. The van der Waals surface area contributed by atoms with Crippen molar-refractivity contribution in [3.63, 3.8) is 0 Å². The summed E-state index contributed by atoms with van der Waals surface area (Å²) in [5, 5.41) is 3.24. The highest BCUT2D eigenvalue weighted by Crippen LogP contribution is 2.28. The number of hydrogen-bond donors (Lipinski definition) is 1. The highest BCUT2D eigenvalue weighted by Gasteiger charge is 2.12. The second-order valence-electron chi connectivity index (χ2n) is 4.81. The molecule has 3 aromatic rings. The molecule has 3 rings (SSSR count). The molecule has 0 saturated heterocycles. The van der Waals surface area contributed by atoms with Gasteiger partial charge < -0.3 is 5.32 Å². The molecule has 0 spiro atoms. The number of nitrogens with zero attached hydrogens (tertiary/aromatic N) is 4. The maximum atomic E-state index is 14.0. The Bertz CT molecular complexity index is 935. The van der Waals surface area contributed by atoms with Gasteiger partial charge in [0.25, 0.3) is 0 Å². The number of fused-ring (bicyclic) bond motifs is 1. The second-order valence-corrected chi connectivity index (χ2v) is 4.81. The maximum absolute atomic E-state index is 14.0. The largest absolute Gasteiger partial charge is 0.353 e. The predicted octanol–water partition coefficient (Wildman–Crippen LogP) is 4.22. The SMILES string of the molecule is C=C/C(F)=C(\C=C)c1cc(Nc2ccncc2)c2nccnc2n1. The molecule has 0 radical (unpaired) electrons. The van der Waals surface area contributed by atoms with Crippen molar-refractivity contribution >= 4 is 28.1 Å². The molecule has 0 fully saturated rings. The average molecular weight is 319 g/mol. The third-order valence-corrected chi connectivity index (χ3v) is 3.32. The highest BCUT2D eigenvalue weighted by atomic mass is 19.1. The first-order valence-electron chi connectivity index (χ1n) is 7.16. The van der Waals surface area contributed by atoms with Crippen molar-refractivity contribution in [2.24, 2.45) is 0 Å². The molecule has 0 unspecified atom stereocenters. The fourth-order valence-corrected chi connectivity index (χ4v) is 2.21. The number of pyridine rings is 2. The van der Waals surface area contributed by atoms with Gasteiger partial charge in [-0.2, -0.15) is 0 Å². The topological polar surface area (TPSA) is 63.6 Å². The van der Waals surface area contributed by atoms with E-state index >= 15 is 0 Å². The Morgan fingerprint density at radius 2 is 1.79 bits per heavy atom. The van der Waals surface area contributed by atoms with Crippen molar-refractivity contribution in [3.8, 4) is 0 Å². The van der Waals surface area contributed by atoms with Crippen LogP contribution < -0.4 is 5.32 Å². The summed E-state index contributed by atoms with van der Waals surface area (Å²) in [6, 6.07) is 5.34. The molecule has 0 bridgehead atoms. The molecule has 6 heteroatoms. The molecular formula is C18H14FN5. The normalized spacial score (nSPS) is 11.7. The predicted molar refractivity (Wildman–Crippen MR) is 93.3 cm³/mol. The number of nitrogens with one attached hydrogen (secondary N) is 1. The number of aromatic nitrogens is 4. The number of rotatable bonds is 5. The molecule has 24 heavy (non-hydrogen) atoms. The van der Waals surface area contributed by atoms with Crippen LogP contribution in [0.3, 0.4) is 0 Å². The van der Waals surface area contributed by atoms with E-state index in [1.165, 1.54) is 12.3 Å². The molecule has 3 aromatic heterocycles. The molecule has 118 valence electrons. The fraction of sp³-hybridized carbons (Fsp3) is 0.